The molecule has 4 heteroatoms. The van der Waals surface area contributed by atoms with Crippen LogP contribution in [0.15, 0.2) is 0 Å². The van der Waals surface area contributed by atoms with Gasteiger partial charge in [-0.25, -0.2) is 0 Å². The van der Waals surface area contributed by atoms with E-state index in [1.807, 2.05) is 13.8 Å². The Hall–Kier alpha value is 0.150. The fourth-order valence-corrected chi connectivity index (χ4v) is 3.03. The van der Waals surface area contributed by atoms with Gasteiger partial charge >= 0.3 is 0 Å². The summed E-state index contributed by atoms with van der Waals surface area (Å²) in [5, 5.41) is 8.59. The molecule has 3 nitrogen and oxygen atoms in total. The van der Waals surface area contributed by atoms with Crippen LogP contribution in [0.5, 0.6) is 0 Å². The molecule has 0 aliphatic rings. The Bertz CT molecular complexity index is 141. The van der Waals surface area contributed by atoms with Gasteiger partial charge in [0.15, 0.2) is 0 Å². The highest BCUT2D eigenvalue weighted by Crippen LogP contribution is 2.48. The number of hydrogen-bond donors (Lipinski definition) is 2. The summed E-state index contributed by atoms with van der Waals surface area (Å²) >= 11 is 0. The molecule has 3 N–H and O–H groups in total. The van der Waals surface area contributed by atoms with Crippen molar-refractivity contribution in [3.05, 3.63) is 0 Å². The molecule has 0 amide bonds. The molecule has 0 rings (SSSR count). The molecule has 0 radical (unpaired) electrons. The third-order valence-electron chi connectivity index (χ3n) is 2.10. The fraction of sp³-hybridized carbons (Fsp3) is 1.00. The first-order chi connectivity index (χ1) is 5.10. The Morgan fingerprint density at radius 1 is 1.45 bits per heavy atom. The third kappa shape index (κ3) is 2.94. The van der Waals surface area contributed by atoms with Crippen molar-refractivity contribution in [1.29, 1.82) is 0 Å². The van der Waals surface area contributed by atoms with E-state index >= 15 is 0 Å². The summed E-state index contributed by atoms with van der Waals surface area (Å²) in [7, 11) is -2.17. The lowest BCUT2D eigenvalue weighted by Crippen LogP contribution is -2.23. The summed E-state index contributed by atoms with van der Waals surface area (Å²) in [6, 6.07) is 0. The average Bonchev–Trinajstić information content (AvgIpc) is 2.03. The molecule has 0 saturated heterocycles. The molecule has 0 aliphatic carbocycles. The monoisotopic (exact) mass is 179 g/mol. The van der Waals surface area contributed by atoms with Gasteiger partial charge in [-0.3, -0.25) is 0 Å². The molecule has 0 aromatic carbocycles. The smallest absolute Gasteiger partial charge is 0.103 e. The molecule has 1 atom stereocenters. The van der Waals surface area contributed by atoms with Crippen molar-refractivity contribution in [2.24, 2.45) is 5.73 Å². The molecule has 0 spiro atoms. The molecule has 0 aliphatic heterocycles. The largest absolute Gasteiger partial charge is 0.396 e. The third-order valence-corrected chi connectivity index (χ3v) is 5.71. The molecule has 0 saturated carbocycles. The Balaban J connectivity index is 4.13. The Kier molecular flexibility index (Phi) is 4.98. The quantitative estimate of drug-likeness (QED) is 0.620. The van der Waals surface area contributed by atoms with Crippen LogP contribution in [0, 0.1) is 0 Å². The second-order valence-electron chi connectivity index (χ2n) is 2.66. The summed E-state index contributed by atoms with van der Waals surface area (Å²) in [5.41, 5.74) is 5.66. The van der Waals surface area contributed by atoms with E-state index in [2.05, 4.69) is 0 Å². The molecule has 0 heterocycles. The molecule has 1 unspecified atom stereocenters. The van der Waals surface area contributed by atoms with Crippen LogP contribution in [0.3, 0.4) is 0 Å². The summed E-state index contributed by atoms with van der Waals surface area (Å²) in [6.45, 7) is 3.81. The van der Waals surface area contributed by atoms with Gasteiger partial charge in [0.05, 0.1) is 5.78 Å². The molecular formula is C7H18NO2P. The minimum Gasteiger partial charge on any atom is -0.396 e. The maximum Gasteiger partial charge on any atom is 0.103 e. The number of hydrogen-bond acceptors (Lipinski definition) is 3. The van der Waals surface area contributed by atoms with Gasteiger partial charge in [-0.05, 0) is 18.7 Å². The van der Waals surface area contributed by atoms with Gasteiger partial charge in [0.2, 0.25) is 0 Å². The lowest BCUT2D eigenvalue weighted by atomic mass is 10.5. The first-order valence-corrected chi connectivity index (χ1v) is 6.19. The molecule has 68 valence electrons. The normalized spacial score (nSPS) is 14.9. The van der Waals surface area contributed by atoms with E-state index in [1.165, 1.54) is 0 Å². The highest BCUT2D eigenvalue weighted by molar-refractivity contribution is 7.64. The standard InChI is InChI=1S/C7H18NO2P/c1-3-11(10,4-2)7(8)5-6-9/h7,9H,3-6,8H2,1-2H3. The molecule has 0 bridgehead atoms. The number of nitrogens with two attached hydrogens (primary N) is 1. The zero-order chi connectivity index (χ0) is 8.91. The molecule has 0 aromatic rings. The minimum absolute atomic E-state index is 0.0329. The molecular weight excluding hydrogens is 161 g/mol. The number of rotatable bonds is 5. The maximum atomic E-state index is 11.8. The first kappa shape index (κ1) is 11.2. The summed E-state index contributed by atoms with van der Waals surface area (Å²) in [6.07, 6.45) is 1.74. The summed E-state index contributed by atoms with van der Waals surface area (Å²) < 4.78 is 11.8. The van der Waals surface area contributed by atoms with Crippen molar-refractivity contribution in [1.82, 2.24) is 0 Å². The van der Waals surface area contributed by atoms with Crippen LogP contribution in [0.1, 0.15) is 20.3 Å². The Morgan fingerprint density at radius 2 is 1.91 bits per heavy atom. The van der Waals surface area contributed by atoms with Gasteiger partial charge in [0, 0.05) is 6.61 Å². The van der Waals surface area contributed by atoms with Crippen LogP contribution in [0.4, 0.5) is 0 Å². The van der Waals surface area contributed by atoms with Gasteiger partial charge in [-0.15, -0.1) is 0 Å². The van der Waals surface area contributed by atoms with Gasteiger partial charge in [-0.1, -0.05) is 13.8 Å². The van der Waals surface area contributed by atoms with Crippen molar-refractivity contribution in [3.8, 4) is 0 Å². The maximum absolute atomic E-state index is 11.8. The van der Waals surface area contributed by atoms with Gasteiger partial charge < -0.3 is 15.4 Å². The van der Waals surface area contributed by atoms with Gasteiger partial charge in [0.1, 0.15) is 7.14 Å². The lowest BCUT2D eigenvalue weighted by molar-refractivity contribution is 0.285. The van der Waals surface area contributed by atoms with E-state index in [0.29, 0.717) is 18.7 Å². The predicted molar refractivity (Wildman–Crippen MR) is 48.4 cm³/mol. The molecule has 11 heavy (non-hydrogen) atoms. The van der Waals surface area contributed by atoms with Crippen molar-refractivity contribution in [3.63, 3.8) is 0 Å². The summed E-state index contributed by atoms with van der Waals surface area (Å²) in [5.74, 6) is -0.303. The number of aliphatic hydroxyl groups is 1. The second kappa shape index (κ2) is 4.91. The van der Waals surface area contributed by atoms with E-state index in [4.69, 9.17) is 10.8 Å². The highest BCUT2D eigenvalue weighted by atomic mass is 31.2. The van der Waals surface area contributed by atoms with E-state index in [9.17, 15) is 4.57 Å². The van der Waals surface area contributed by atoms with Crippen molar-refractivity contribution in [2.45, 2.75) is 26.1 Å². The number of aliphatic hydroxyl groups excluding tert-OH is 1. The van der Waals surface area contributed by atoms with Crippen LogP contribution >= 0.6 is 7.14 Å². The van der Waals surface area contributed by atoms with Crippen LogP contribution in [-0.2, 0) is 4.57 Å². The van der Waals surface area contributed by atoms with Gasteiger partial charge in [-0.2, -0.15) is 0 Å². The van der Waals surface area contributed by atoms with E-state index < -0.39 is 7.14 Å². The van der Waals surface area contributed by atoms with Crippen LogP contribution < -0.4 is 5.73 Å². The highest BCUT2D eigenvalue weighted by Gasteiger charge is 2.24. The SMILES string of the molecule is CCP(=O)(CC)C(N)CCO. The molecule has 0 fully saturated rings. The first-order valence-electron chi connectivity index (χ1n) is 4.05. The van der Waals surface area contributed by atoms with Crippen LogP contribution in [0.25, 0.3) is 0 Å². The van der Waals surface area contributed by atoms with Crippen molar-refractivity contribution >= 4 is 7.14 Å². The summed E-state index contributed by atoms with van der Waals surface area (Å²) in [4.78, 5) is 0. The van der Waals surface area contributed by atoms with E-state index in [1.54, 1.807) is 0 Å². The zero-order valence-corrected chi connectivity index (χ0v) is 8.18. The van der Waals surface area contributed by atoms with Crippen molar-refractivity contribution in [2.75, 3.05) is 18.9 Å². The lowest BCUT2D eigenvalue weighted by Gasteiger charge is -2.21. The molecule has 0 aromatic heterocycles. The van der Waals surface area contributed by atoms with Crippen molar-refractivity contribution < 1.29 is 9.67 Å². The zero-order valence-electron chi connectivity index (χ0n) is 7.29. The van der Waals surface area contributed by atoms with E-state index in [-0.39, 0.29) is 12.4 Å². The Labute approximate surface area is 68.4 Å². The minimum atomic E-state index is -2.17. The Morgan fingerprint density at radius 3 is 2.18 bits per heavy atom. The van der Waals surface area contributed by atoms with E-state index in [0.717, 1.165) is 0 Å². The van der Waals surface area contributed by atoms with Gasteiger partial charge in [0.25, 0.3) is 0 Å². The predicted octanol–water partition coefficient (Wildman–Crippen LogP) is 1.06. The fourth-order valence-electron chi connectivity index (χ4n) is 1.06. The average molecular weight is 179 g/mol. The topological polar surface area (TPSA) is 63.3 Å². The van der Waals surface area contributed by atoms with Crippen LogP contribution in [-0.4, -0.2) is 29.8 Å². The van der Waals surface area contributed by atoms with Crippen LogP contribution in [0.2, 0.25) is 0 Å². The second-order valence-corrected chi connectivity index (χ2v) is 6.50.